The zero-order valence-corrected chi connectivity index (χ0v) is 11.3. The Morgan fingerprint density at radius 1 is 1.16 bits per heavy atom. The van der Waals surface area contributed by atoms with E-state index < -0.39 is 0 Å². The van der Waals surface area contributed by atoms with Crippen molar-refractivity contribution in [3.05, 3.63) is 24.2 Å². The van der Waals surface area contributed by atoms with Crippen molar-refractivity contribution in [2.24, 2.45) is 0 Å². The number of hydrogen-bond donors (Lipinski definition) is 0. The Hall–Kier alpha value is -1.78. The smallest absolute Gasteiger partial charge is 0.223 e. The predicted molar refractivity (Wildman–Crippen MR) is 70.5 cm³/mol. The van der Waals surface area contributed by atoms with Crippen molar-refractivity contribution in [1.29, 1.82) is 0 Å². The molecule has 1 aromatic rings. The monoisotopic (exact) mass is 264 g/mol. The van der Waals surface area contributed by atoms with Crippen molar-refractivity contribution in [1.82, 2.24) is 9.80 Å². The Balaban J connectivity index is 1.74. The van der Waals surface area contributed by atoms with E-state index in [0.29, 0.717) is 45.4 Å². The summed E-state index contributed by atoms with van der Waals surface area (Å²) in [4.78, 5) is 27.2. The lowest BCUT2D eigenvalue weighted by molar-refractivity contribution is -0.139. The second-order valence-corrected chi connectivity index (χ2v) is 4.69. The third-order valence-electron chi connectivity index (χ3n) is 3.45. The molecule has 0 radical (unpaired) electrons. The van der Waals surface area contributed by atoms with E-state index in [1.165, 1.54) is 0 Å². The number of carbonyl (C=O) groups excluding carboxylic acids is 2. The van der Waals surface area contributed by atoms with Gasteiger partial charge in [0.1, 0.15) is 5.76 Å². The summed E-state index contributed by atoms with van der Waals surface area (Å²) in [7, 11) is 0. The van der Waals surface area contributed by atoms with Gasteiger partial charge >= 0.3 is 0 Å². The van der Waals surface area contributed by atoms with Crippen LogP contribution in [0.25, 0.3) is 0 Å². The van der Waals surface area contributed by atoms with E-state index in [1.807, 2.05) is 28.9 Å². The van der Waals surface area contributed by atoms with Crippen molar-refractivity contribution in [3.63, 3.8) is 0 Å². The number of aryl methyl sites for hydroxylation is 1. The molecule has 0 aromatic carbocycles. The fraction of sp³-hybridized carbons (Fsp3) is 0.571. The third-order valence-corrected chi connectivity index (χ3v) is 3.45. The first kappa shape index (κ1) is 13.6. The number of carbonyl (C=O) groups is 2. The van der Waals surface area contributed by atoms with Gasteiger partial charge in [-0.15, -0.1) is 0 Å². The highest BCUT2D eigenvalue weighted by atomic mass is 16.3. The molecule has 1 aromatic heterocycles. The van der Waals surface area contributed by atoms with E-state index in [1.54, 1.807) is 6.26 Å². The van der Waals surface area contributed by atoms with E-state index in [9.17, 15) is 9.59 Å². The molecule has 0 bridgehead atoms. The molecule has 2 heterocycles. The van der Waals surface area contributed by atoms with Crippen LogP contribution in [-0.4, -0.2) is 47.8 Å². The molecule has 0 unspecified atom stereocenters. The average Bonchev–Trinajstić information content (AvgIpc) is 2.97. The molecule has 0 atom stereocenters. The van der Waals surface area contributed by atoms with Gasteiger partial charge in [-0.1, -0.05) is 6.92 Å². The first-order valence-electron chi connectivity index (χ1n) is 6.78. The number of rotatable bonds is 4. The standard InChI is InChI=1S/C14H20N2O3/c1-2-13(17)15-7-9-16(10-8-15)14(18)6-5-12-4-3-11-19-12/h3-4,11H,2,5-10H2,1H3. The second-order valence-electron chi connectivity index (χ2n) is 4.69. The fourth-order valence-corrected chi connectivity index (χ4v) is 2.27. The van der Waals surface area contributed by atoms with Crippen LogP contribution in [0.15, 0.2) is 22.8 Å². The molecule has 0 aliphatic carbocycles. The predicted octanol–water partition coefficient (Wildman–Crippen LogP) is 1.29. The van der Waals surface area contributed by atoms with Crippen LogP contribution in [0.2, 0.25) is 0 Å². The van der Waals surface area contributed by atoms with Crippen molar-refractivity contribution in [3.8, 4) is 0 Å². The fourth-order valence-electron chi connectivity index (χ4n) is 2.27. The summed E-state index contributed by atoms with van der Waals surface area (Å²) in [5, 5.41) is 0. The highest BCUT2D eigenvalue weighted by Gasteiger charge is 2.22. The quantitative estimate of drug-likeness (QED) is 0.823. The zero-order chi connectivity index (χ0) is 13.7. The minimum atomic E-state index is 0.139. The minimum absolute atomic E-state index is 0.139. The largest absolute Gasteiger partial charge is 0.469 e. The van der Waals surface area contributed by atoms with Crippen molar-refractivity contribution in [2.45, 2.75) is 26.2 Å². The Kier molecular flexibility index (Phi) is 4.60. The molecular formula is C14H20N2O3. The number of furan rings is 1. The van der Waals surface area contributed by atoms with Crippen molar-refractivity contribution < 1.29 is 14.0 Å². The average molecular weight is 264 g/mol. The molecule has 5 nitrogen and oxygen atoms in total. The van der Waals surface area contributed by atoms with Crippen LogP contribution in [0, 0.1) is 0 Å². The second kappa shape index (κ2) is 6.41. The minimum Gasteiger partial charge on any atom is -0.469 e. The number of amides is 2. The van der Waals surface area contributed by atoms with Crippen LogP contribution in [0.3, 0.4) is 0 Å². The van der Waals surface area contributed by atoms with Crippen LogP contribution >= 0.6 is 0 Å². The maximum atomic E-state index is 12.0. The van der Waals surface area contributed by atoms with E-state index in [4.69, 9.17) is 4.42 Å². The Morgan fingerprint density at radius 2 is 1.79 bits per heavy atom. The molecule has 0 spiro atoms. The Labute approximate surface area is 113 Å². The Morgan fingerprint density at radius 3 is 2.32 bits per heavy atom. The molecule has 1 fully saturated rings. The highest BCUT2D eigenvalue weighted by Crippen LogP contribution is 2.09. The topological polar surface area (TPSA) is 53.8 Å². The summed E-state index contributed by atoms with van der Waals surface area (Å²) < 4.78 is 5.21. The third kappa shape index (κ3) is 3.59. The first-order chi connectivity index (χ1) is 9.20. The van der Waals surface area contributed by atoms with Crippen LogP contribution in [0.1, 0.15) is 25.5 Å². The first-order valence-corrected chi connectivity index (χ1v) is 6.78. The molecule has 0 saturated carbocycles. The molecule has 104 valence electrons. The summed E-state index contributed by atoms with van der Waals surface area (Å²) in [6.45, 7) is 4.45. The summed E-state index contributed by atoms with van der Waals surface area (Å²) in [6.07, 6.45) is 3.26. The van der Waals surface area contributed by atoms with E-state index in [2.05, 4.69) is 0 Å². The molecule has 19 heavy (non-hydrogen) atoms. The van der Waals surface area contributed by atoms with Crippen LogP contribution in [0.5, 0.6) is 0 Å². The highest BCUT2D eigenvalue weighted by molar-refractivity contribution is 5.78. The van der Waals surface area contributed by atoms with E-state index in [0.717, 1.165) is 5.76 Å². The van der Waals surface area contributed by atoms with Gasteiger partial charge in [0, 0.05) is 45.4 Å². The summed E-state index contributed by atoms with van der Waals surface area (Å²) >= 11 is 0. The lowest BCUT2D eigenvalue weighted by Gasteiger charge is -2.34. The molecule has 1 aliphatic rings. The molecule has 2 amide bonds. The summed E-state index contributed by atoms with van der Waals surface area (Å²) in [5.74, 6) is 1.15. The normalized spacial score (nSPS) is 15.6. The zero-order valence-electron chi connectivity index (χ0n) is 11.3. The van der Waals surface area contributed by atoms with Gasteiger partial charge in [-0.05, 0) is 12.1 Å². The van der Waals surface area contributed by atoms with Crippen molar-refractivity contribution >= 4 is 11.8 Å². The van der Waals surface area contributed by atoms with E-state index >= 15 is 0 Å². The number of hydrogen-bond acceptors (Lipinski definition) is 3. The van der Waals surface area contributed by atoms with Crippen LogP contribution < -0.4 is 0 Å². The molecule has 1 aliphatic heterocycles. The molecule has 5 heteroatoms. The van der Waals surface area contributed by atoms with Gasteiger partial charge in [-0.25, -0.2) is 0 Å². The molecular weight excluding hydrogens is 244 g/mol. The van der Waals surface area contributed by atoms with E-state index in [-0.39, 0.29) is 11.8 Å². The molecule has 0 N–H and O–H groups in total. The van der Waals surface area contributed by atoms with Gasteiger partial charge in [0.05, 0.1) is 6.26 Å². The van der Waals surface area contributed by atoms with Gasteiger partial charge in [0.25, 0.3) is 0 Å². The molecule has 2 rings (SSSR count). The number of piperazine rings is 1. The SMILES string of the molecule is CCC(=O)N1CCN(C(=O)CCc2ccco2)CC1. The molecule has 1 saturated heterocycles. The van der Waals surface area contributed by atoms with Gasteiger partial charge in [0.2, 0.25) is 11.8 Å². The maximum absolute atomic E-state index is 12.0. The van der Waals surface area contributed by atoms with Gasteiger partial charge in [-0.3, -0.25) is 9.59 Å². The van der Waals surface area contributed by atoms with Gasteiger partial charge in [-0.2, -0.15) is 0 Å². The van der Waals surface area contributed by atoms with Crippen LogP contribution in [-0.2, 0) is 16.0 Å². The van der Waals surface area contributed by atoms with Gasteiger partial charge < -0.3 is 14.2 Å². The summed E-state index contributed by atoms with van der Waals surface area (Å²) in [5.41, 5.74) is 0. The number of nitrogens with zero attached hydrogens (tertiary/aromatic N) is 2. The van der Waals surface area contributed by atoms with Crippen LogP contribution in [0.4, 0.5) is 0 Å². The lowest BCUT2D eigenvalue weighted by Crippen LogP contribution is -2.50. The summed E-state index contributed by atoms with van der Waals surface area (Å²) in [6, 6.07) is 3.71. The lowest BCUT2D eigenvalue weighted by atomic mass is 10.2. The van der Waals surface area contributed by atoms with Gasteiger partial charge in [0.15, 0.2) is 0 Å². The Bertz CT molecular complexity index is 420. The van der Waals surface area contributed by atoms with Crippen molar-refractivity contribution in [2.75, 3.05) is 26.2 Å². The maximum Gasteiger partial charge on any atom is 0.223 e.